The first kappa shape index (κ1) is 22.7. The molecule has 4 heterocycles. The standard InChI is InChI=1S/C34H26N4O2/c1-22-10-13-32-28(16-22)29-20-35-34(19-33(29)40-32)38-30-9-4-3-8-26(30)27-12-11-25(18-31(27)38)39-24-7-5-6-23(17-24)37-15-14-36(2)21-37/h3-20H,21H2,1-2H3. The first-order valence-electron chi connectivity index (χ1n) is 13.4. The fourth-order valence-electron chi connectivity index (χ4n) is 5.72. The third kappa shape index (κ3) is 3.61. The second kappa shape index (κ2) is 8.64. The molecule has 194 valence electrons. The minimum absolute atomic E-state index is 0.767. The Bertz CT molecular complexity index is 2120. The van der Waals surface area contributed by atoms with Crippen molar-refractivity contribution in [3.63, 3.8) is 0 Å². The van der Waals surface area contributed by atoms with Gasteiger partial charge in [0.25, 0.3) is 0 Å². The molecule has 1 aliphatic rings. The minimum Gasteiger partial charge on any atom is -0.457 e. The first-order valence-corrected chi connectivity index (χ1v) is 13.4. The summed E-state index contributed by atoms with van der Waals surface area (Å²) < 4.78 is 14.8. The minimum atomic E-state index is 0.767. The summed E-state index contributed by atoms with van der Waals surface area (Å²) in [4.78, 5) is 9.25. The van der Waals surface area contributed by atoms with Crippen LogP contribution in [0.5, 0.6) is 11.5 Å². The number of hydrogen-bond acceptors (Lipinski definition) is 5. The number of hydrogen-bond donors (Lipinski definition) is 0. The van der Waals surface area contributed by atoms with Crippen molar-refractivity contribution in [3.8, 4) is 17.3 Å². The Morgan fingerprint density at radius 3 is 2.50 bits per heavy atom. The summed E-state index contributed by atoms with van der Waals surface area (Å²) in [5, 5.41) is 4.42. The van der Waals surface area contributed by atoms with Gasteiger partial charge in [-0.2, -0.15) is 0 Å². The number of anilines is 1. The lowest BCUT2D eigenvalue weighted by atomic mass is 10.1. The maximum atomic E-state index is 6.41. The van der Waals surface area contributed by atoms with E-state index in [1.807, 2.05) is 36.5 Å². The number of fused-ring (bicyclic) bond motifs is 6. The van der Waals surface area contributed by atoms with Gasteiger partial charge in [-0.1, -0.05) is 35.9 Å². The van der Waals surface area contributed by atoms with E-state index in [4.69, 9.17) is 14.1 Å². The van der Waals surface area contributed by atoms with Gasteiger partial charge in [0.15, 0.2) is 0 Å². The monoisotopic (exact) mass is 522 g/mol. The second-order valence-corrected chi connectivity index (χ2v) is 10.4. The second-order valence-electron chi connectivity index (χ2n) is 10.4. The van der Waals surface area contributed by atoms with E-state index >= 15 is 0 Å². The molecule has 0 atom stereocenters. The number of ether oxygens (including phenoxy) is 1. The van der Waals surface area contributed by atoms with Crippen molar-refractivity contribution in [2.24, 2.45) is 0 Å². The Kier molecular flexibility index (Phi) is 4.91. The molecule has 0 N–H and O–H groups in total. The molecule has 0 spiro atoms. The SMILES string of the molecule is Cc1ccc2oc3cc(-n4c5ccccc5c5ccc(Oc6cccc(N7C=CN(C)C7)c6)cc54)ncc3c2c1. The highest BCUT2D eigenvalue weighted by Gasteiger charge is 2.17. The predicted molar refractivity (Wildman–Crippen MR) is 161 cm³/mol. The molecule has 0 aliphatic carbocycles. The number of pyridine rings is 1. The smallest absolute Gasteiger partial charge is 0.141 e. The van der Waals surface area contributed by atoms with Crippen molar-refractivity contribution >= 4 is 49.4 Å². The van der Waals surface area contributed by atoms with E-state index in [-0.39, 0.29) is 0 Å². The van der Waals surface area contributed by atoms with E-state index in [1.165, 1.54) is 5.56 Å². The van der Waals surface area contributed by atoms with Gasteiger partial charge in [0.2, 0.25) is 0 Å². The van der Waals surface area contributed by atoms with Gasteiger partial charge in [0, 0.05) is 71.1 Å². The summed E-state index contributed by atoms with van der Waals surface area (Å²) in [6.07, 6.45) is 6.07. The van der Waals surface area contributed by atoms with Gasteiger partial charge in [0.05, 0.1) is 17.7 Å². The predicted octanol–water partition coefficient (Wildman–Crippen LogP) is 8.36. The number of benzene rings is 4. The zero-order chi connectivity index (χ0) is 26.8. The molecular formula is C34H26N4O2. The largest absolute Gasteiger partial charge is 0.457 e. The normalized spacial score (nSPS) is 13.4. The van der Waals surface area contributed by atoms with Crippen LogP contribution in [0.3, 0.4) is 0 Å². The van der Waals surface area contributed by atoms with Crippen LogP contribution in [-0.4, -0.2) is 28.2 Å². The Labute approximate surface area is 230 Å². The summed E-state index contributed by atoms with van der Waals surface area (Å²) in [6.45, 7) is 2.91. The van der Waals surface area contributed by atoms with Crippen molar-refractivity contribution in [1.82, 2.24) is 14.5 Å². The Balaban J connectivity index is 1.25. The number of para-hydroxylation sites is 1. The van der Waals surface area contributed by atoms with Crippen LogP contribution in [-0.2, 0) is 0 Å². The fourth-order valence-corrected chi connectivity index (χ4v) is 5.72. The van der Waals surface area contributed by atoms with E-state index in [1.54, 1.807) is 0 Å². The van der Waals surface area contributed by atoms with Crippen LogP contribution in [0.2, 0.25) is 0 Å². The molecule has 8 rings (SSSR count). The summed E-state index contributed by atoms with van der Waals surface area (Å²) in [5.74, 6) is 2.36. The molecule has 1 aliphatic heterocycles. The molecule has 6 heteroatoms. The summed E-state index contributed by atoms with van der Waals surface area (Å²) >= 11 is 0. The Hall–Kier alpha value is -5.23. The van der Waals surface area contributed by atoms with E-state index in [0.717, 1.165) is 73.4 Å². The molecule has 0 bridgehead atoms. The molecule has 4 aromatic carbocycles. The number of aromatic nitrogens is 2. The quantitative estimate of drug-likeness (QED) is 0.232. The third-order valence-corrected chi connectivity index (χ3v) is 7.63. The van der Waals surface area contributed by atoms with Crippen LogP contribution in [0.1, 0.15) is 5.56 Å². The lowest BCUT2D eigenvalue weighted by Crippen LogP contribution is -2.21. The molecule has 0 unspecified atom stereocenters. The zero-order valence-corrected chi connectivity index (χ0v) is 22.2. The van der Waals surface area contributed by atoms with Gasteiger partial charge in [-0.15, -0.1) is 0 Å². The van der Waals surface area contributed by atoms with Gasteiger partial charge >= 0.3 is 0 Å². The highest BCUT2D eigenvalue weighted by molar-refractivity contribution is 6.10. The topological polar surface area (TPSA) is 46.7 Å². The van der Waals surface area contributed by atoms with Gasteiger partial charge in [-0.3, -0.25) is 4.57 Å². The number of nitrogens with zero attached hydrogens (tertiary/aromatic N) is 4. The fraction of sp³-hybridized carbons (Fsp3) is 0.0882. The van der Waals surface area contributed by atoms with E-state index in [2.05, 4.69) is 101 Å². The highest BCUT2D eigenvalue weighted by Crippen LogP contribution is 2.37. The zero-order valence-electron chi connectivity index (χ0n) is 22.2. The van der Waals surface area contributed by atoms with Gasteiger partial charge in [0.1, 0.15) is 28.5 Å². The summed E-state index contributed by atoms with van der Waals surface area (Å²) in [6, 6.07) is 31.2. The van der Waals surface area contributed by atoms with Gasteiger partial charge in [-0.25, -0.2) is 4.98 Å². The van der Waals surface area contributed by atoms with E-state index in [9.17, 15) is 0 Å². The molecule has 6 nitrogen and oxygen atoms in total. The summed E-state index contributed by atoms with van der Waals surface area (Å²) in [5.41, 5.74) is 6.09. The summed E-state index contributed by atoms with van der Waals surface area (Å²) in [7, 11) is 2.06. The molecule has 0 radical (unpaired) electrons. The maximum absolute atomic E-state index is 6.41. The lowest BCUT2D eigenvalue weighted by molar-refractivity contribution is 0.481. The molecule has 0 saturated heterocycles. The maximum Gasteiger partial charge on any atom is 0.141 e. The molecular weight excluding hydrogens is 496 g/mol. The van der Waals surface area contributed by atoms with Crippen LogP contribution in [0.25, 0.3) is 49.6 Å². The van der Waals surface area contributed by atoms with Gasteiger partial charge in [-0.05, 0) is 49.4 Å². The number of furan rings is 1. The highest BCUT2D eigenvalue weighted by atomic mass is 16.5. The molecule has 7 aromatic rings. The van der Waals surface area contributed by atoms with Crippen LogP contribution < -0.4 is 9.64 Å². The average molecular weight is 523 g/mol. The lowest BCUT2D eigenvalue weighted by Gasteiger charge is -2.19. The van der Waals surface area contributed by atoms with E-state index < -0.39 is 0 Å². The van der Waals surface area contributed by atoms with Crippen LogP contribution in [0, 0.1) is 6.92 Å². The van der Waals surface area contributed by atoms with Crippen LogP contribution >= 0.6 is 0 Å². The van der Waals surface area contributed by atoms with E-state index in [0.29, 0.717) is 0 Å². The Morgan fingerprint density at radius 1 is 0.725 bits per heavy atom. The average Bonchev–Trinajstić information content (AvgIpc) is 3.66. The third-order valence-electron chi connectivity index (χ3n) is 7.63. The van der Waals surface area contributed by atoms with Gasteiger partial charge < -0.3 is 19.0 Å². The first-order chi connectivity index (χ1) is 19.6. The van der Waals surface area contributed by atoms with Crippen molar-refractivity contribution in [2.75, 3.05) is 18.6 Å². The van der Waals surface area contributed by atoms with Crippen molar-refractivity contribution in [2.45, 2.75) is 6.92 Å². The van der Waals surface area contributed by atoms with Crippen molar-refractivity contribution in [3.05, 3.63) is 115 Å². The van der Waals surface area contributed by atoms with Crippen LogP contribution in [0.15, 0.2) is 114 Å². The van der Waals surface area contributed by atoms with Crippen molar-refractivity contribution in [1.29, 1.82) is 0 Å². The molecule has 40 heavy (non-hydrogen) atoms. The van der Waals surface area contributed by atoms with Crippen LogP contribution in [0.4, 0.5) is 5.69 Å². The van der Waals surface area contributed by atoms with Crippen molar-refractivity contribution < 1.29 is 9.15 Å². The number of aryl methyl sites for hydroxylation is 1. The Morgan fingerprint density at radius 2 is 1.60 bits per heavy atom. The number of rotatable bonds is 4. The molecule has 0 saturated carbocycles. The molecule has 0 amide bonds. The molecule has 3 aromatic heterocycles. The molecule has 0 fully saturated rings.